The van der Waals surface area contributed by atoms with Crippen LogP contribution in [0.5, 0.6) is 0 Å². The highest BCUT2D eigenvalue weighted by Crippen LogP contribution is 2.29. The molecule has 0 aromatic rings. The van der Waals surface area contributed by atoms with Gasteiger partial charge in [-0.2, -0.15) is 0 Å². The van der Waals surface area contributed by atoms with Crippen LogP contribution >= 0.6 is 0 Å². The van der Waals surface area contributed by atoms with Gasteiger partial charge >= 0.3 is 0 Å². The highest BCUT2D eigenvalue weighted by atomic mass is 14.1. The summed E-state index contributed by atoms with van der Waals surface area (Å²) >= 11 is 0. The first-order valence-electron chi connectivity index (χ1n) is 4.48. The Labute approximate surface area is 79.0 Å². The molecule has 2 aliphatic rings. The molecule has 0 radical (unpaired) electrons. The predicted octanol–water partition coefficient (Wildman–Crippen LogP) is 3.48. The Morgan fingerprint density at radius 1 is 0.769 bits per heavy atom. The summed E-state index contributed by atoms with van der Waals surface area (Å²) in [5.74, 6) is 0. The van der Waals surface area contributed by atoms with Crippen molar-refractivity contribution < 1.29 is 0 Å². The minimum Gasteiger partial charge on any atom is -0.0623 e. The second-order valence-electron chi connectivity index (χ2n) is 3.24. The Kier molecular flexibility index (Phi) is 2.13. The lowest BCUT2D eigenvalue weighted by atomic mass is 10.2. The molecule has 0 N–H and O–H groups in total. The molecular weight excluding hydrogens is 156 g/mol. The smallest absolute Gasteiger partial charge is 0.0178 e. The highest BCUT2D eigenvalue weighted by molar-refractivity contribution is 5.64. The van der Waals surface area contributed by atoms with E-state index in [-0.39, 0.29) is 0 Å². The molecule has 0 spiro atoms. The van der Waals surface area contributed by atoms with Crippen LogP contribution in [0.1, 0.15) is 6.92 Å². The fourth-order valence-electron chi connectivity index (χ4n) is 1.19. The fourth-order valence-corrected chi connectivity index (χ4v) is 1.19. The van der Waals surface area contributed by atoms with Crippen LogP contribution in [-0.4, -0.2) is 0 Å². The lowest BCUT2D eigenvalue weighted by molar-refractivity contribution is 1.52. The highest BCUT2D eigenvalue weighted by Gasteiger charge is 2.10. The summed E-state index contributed by atoms with van der Waals surface area (Å²) in [7, 11) is 0. The normalized spacial score (nSPS) is 19.6. The maximum absolute atomic E-state index is 2.18. The van der Waals surface area contributed by atoms with Crippen LogP contribution in [-0.2, 0) is 0 Å². The third-order valence-corrected chi connectivity index (χ3v) is 2.06. The first-order valence-corrected chi connectivity index (χ1v) is 4.48. The van der Waals surface area contributed by atoms with E-state index in [2.05, 4.69) is 49.5 Å². The molecule has 0 atom stereocenters. The van der Waals surface area contributed by atoms with Crippen molar-refractivity contribution in [3.63, 3.8) is 0 Å². The monoisotopic (exact) mass is 168 g/mol. The van der Waals surface area contributed by atoms with Gasteiger partial charge in [0.2, 0.25) is 0 Å². The third kappa shape index (κ3) is 2.19. The molecular formula is C13H12. The van der Waals surface area contributed by atoms with Crippen molar-refractivity contribution in [2.24, 2.45) is 0 Å². The number of allylic oxidation sites excluding steroid dienone is 12. The van der Waals surface area contributed by atoms with E-state index < -0.39 is 0 Å². The van der Waals surface area contributed by atoms with Gasteiger partial charge in [-0.1, -0.05) is 54.2 Å². The van der Waals surface area contributed by atoms with Crippen LogP contribution in [0.4, 0.5) is 0 Å². The zero-order valence-corrected chi connectivity index (χ0v) is 7.70. The molecule has 0 amide bonds. The molecule has 0 heterocycles. The maximum atomic E-state index is 2.18. The summed E-state index contributed by atoms with van der Waals surface area (Å²) in [4.78, 5) is 0. The van der Waals surface area contributed by atoms with Crippen LogP contribution in [0.2, 0.25) is 0 Å². The van der Waals surface area contributed by atoms with Gasteiger partial charge in [0.15, 0.2) is 0 Å². The topological polar surface area (TPSA) is 0 Å². The molecule has 0 saturated carbocycles. The summed E-state index contributed by atoms with van der Waals surface area (Å²) in [6.45, 7) is 2.11. The second-order valence-corrected chi connectivity index (χ2v) is 3.24. The average Bonchev–Trinajstić information content (AvgIpc) is 2.85. The Balaban J connectivity index is 2.25. The van der Waals surface area contributed by atoms with E-state index in [1.54, 1.807) is 0 Å². The van der Waals surface area contributed by atoms with Crippen molar-refractivity contribution in [3.8, 4) is 0 Å². The van der Waals surface area contributed by atoms with Gasteiger partial charge in [0.25, 0.3) is 0 Å². The second kappa shape index (κ2) is 3.44. The van der Waals surface area contributed by atoms with E-state index >= 15 is 0 Å². The van der Waals surface area contributed by atoms with E-state index in [0.717, 1.165) is 0 Å². The van der Waals surface area contributed by atoms with Crippen LogP contribution in [0.25, 0.3) is 0 Å². The number of hydrogen-bond acceptors (Lipinski definition) is 0. The van der Waals surface area contributed by atoms with Crippen molar-refractivity contribution in [2.45, 2.75) is 6.92 Å². The van der Waals surface area contributed by atoms with Gasteiger partial charge in [-0.05, 0) is 24.1 Å². The quantitative estimate of drug-likeness (QED) is 0.519. The number of rotatable bonds is 0. The first-order chi connectivity index (χ1) is 6.36. The Morgan fingerprint density at radius 3 is 2.38 bits per heavy atom. The summed E-state index contributed by atoms with van der Waals surface area (Å²) in [5, 5.41) is 0. The molecule has 0 saturated heterocycles. The summed E-state index contributed by atoms with van der Waals surface area (Å²) in [6.07, 6.45) is 18.9. The number of fused-ring (bicyclic) bond motifs is 1. The van der Waals surface area contributed by atoms with Crippen LogP contribution in [0, 0.1) is 0 Å². The average molecular weight is 168 g/mol. The van der Waals surface area contributed by atoms with Crippen LogP contribution in [0.15, 0.2) is 71.4 Å². The molecule has 64 valence electrons. The summed E-state index contributed by atoms with van der Waals surface area (Å²) < 4.78 is 0. The van der Waals surface area contributed by atoms with Gasteiger partial charge in [-0.15, -0.1) is 0 Å². The van der Waals surface area contributed by atoms with E-state index in [1.807, 2.05) is 12.2 Å². The molecule has 0 aromatic heterocycles. The molecule has 0 aromatic carbocycles. The van der Waals surface area contributed by atoms with E-state index in [9.17, 15) is 0 Å². The van der Waals surface area contributed by atoms with Crippen LogP contribution < -0.4 is 0 Å². The largest absolute Gasteiger partial charge is 0.0623 e. The summed E-state index contributed by atoms with van der Waals surface area (Å²) in [6, 6.07) is 0. The van der Waals surface area contributed by atoms with Crippen molar-refractivity contribution in [2.75, 3.05) is 0 Å². The Bertz CT molecular complexity index is 382. The van der Waals surface area contributed by atoms with E-state index in [4.69, 9.17) is 0 Å². The molecule has 0 bridgehead atoms. The summed E-state index contributed by atoms with van der Waals surface area (Å²) in [5.41, 5.74) is 3.97. The van der Waals surface area contributed by atoms with Crippen molar-refractivity contribution in [1.82, 2.24) is 0 Å². The molecule has 0 unspecified atom stereocenters. The predicted molar refractivity (Wildman–Crippen MR) is 57.3 cm³/mol. The van der Waals surface area contributed by atoms with Crippen molar-refractivity contribution >= 4 is 0 Å². The van der Waals surface area contributed by atoms with Gasteiger partial charge in [0, 0.05) is 0 Å². The molecule has 0 heteroatoms. The zero-order chi connectivity index (χ0) is 9.10. The van der Waals surface area contributed by atoms with E-state index in [0.29, 0.717) is 0 Å². The minimum absolute atomic E-state index is 1.28. The Hall–Kier alpha value is -1.56. The molecule has 0 fully saturated rings. The van der Waals surface area contributed by atoms with E-state index in [1.165, 1.54) is 16.7 Å². The standard InChI is InChI=1S/C13H12/c1-11-6-4-2-3-5-7-12-10-13(12)9-8-11/h2-10H,1H3. The molecule has 13 heavy (non-hydrogen) atoms. The van der Waals surface area contributed by atoms with Crippen molar-refractivity contribution in [1.29, 1.82) is 0 Å². The van der Waals surface area contributed by atoms with Crippen LogP contribution in [0.3, 0.4) is 0 Å². The molecule has 0 nitrogen and oxygen atoms in total. The van der Waals surface area contributed by atoms with Gasteiger partial charge in [0.05, 0.1) is 0 Å². The van der Waals surface area contributed by atoms with Crippen molar-refractivity contribution in [3.05, 3.63) is 71.4 Å². The maximum Gasteiger partial charge on any atom is -0.0178 e. The minimum atomic E-state index is 1.28. The van der Waals surface area contributed by atoms with Gasteiger partial charge in [-0.25, -0.2) is 0 Å². The SMILES string of the molecule is CC1=CC=CC=CC=C2C=C2C=C1. The number of hydrogen-bond donors (Lipinski definition) is 0. The third-order valence-electron chi connectivity index (χ3n) is 2.06. The molecule has 2 rings (SSSR count). The molecule has 0 aliphatic heterocycles. The fraction of sp³-hybridized carbons (Fsp3) is 0.0769. The van der Waals surface area contributed by atoms with Gasteiger partial charge in [0.1, 0.15) is 0 Å². The first kappa shape index (κ1) is 8.06. The zero-order valence-electron chi connectivity index (χ0n) is 7.70. The Morgan fingerprint density at radius 2 is 1.54 bits per heavy atom. The van der Waals surface area contributed by atoms with Gasteiger partial charge < -0.3 is 0 Å². The lowest BCUT2D eigenvalue weighted by Crippen LogP contribution is -1.65. The lowest BCUT2D eigenvalue weighted by Gasteiger charge is -1.85. The molecule has 2 aliphatic carbocycles. The van der Waals surface area contributed by atoms with Gasteiger partial charge in [-0.3, -0.25) is 0 Å².